The Balaban J connectivity index is 1.44. The van der Waals surface area contributed by atoms with Gasteiger partial charge in [-0.1, -0.05) is 30.3 Å². The second-order valence-corrected chi connectivity index (χ2v) is 13.3. The van der Waals surface area contributed by atoms with Crippen LogP contribution in [0.25, 0.3) is 22.2 Å². The maximum atomic E-state index is 15.2. The molecular formula is C31H36F2N6O3S. The van der Waals surface area contributed by atoms with Crippen LogP contribution in [0.4, 0.5) is 20.4 Å². The first-order chi connectivity index (χ1) is 20.4. The van der Waals surface area contributed by atoms with Crippen LogP contribution in [0.15, 0.2) is 59.5 Å². The van der Waals surface area contributed by atoms with E-state index in [1.165, 1.54) is 10.6 Å². The van der Waals surface area contributed by atoms with Crippen LogP contribution in [0.5, 0.6) is 0 Å². The molecule has 1 saturated carbocycles. The Labute approximate surface area is 250 Å². The highest BCUT2D eigenvalue weighted by molar-refractivity contribution is 7.91. The Morgan fingerprint density at radius 2 is 1.67 bits per heavy atom. The number of aromatic nitrogens is 3. The lowest BCUT2D eigenvalue weighted by Gasteiger charge is -2.33. The molecule has 5 rings (SSSR count). The van der Waals surface area contributed by atoms with E-state index in [-0.39, 0.29) is 23.2 Å². The zero-order valence-electron chi connectivity index (χ0n) is 24.6. The molecule has 0 aliphatic heterocycles. The van der Waals surface area contributed by atoms with E-state index in [1.54, 1.807) is 36.5 Å². The number of sulfonamides is 1. The molecule has 12 heteroatoms. The fourth-order valence-electron chi connectivity index (χ4n) is 5.61. The summed E-state index contributed by atoms with van der Waals surface area (Å²) in [6.07, 6.45) is 5.69. The van der Waals surface area contributed by atoms with Crippen LogP contribution in [0.3, 0.4) is 0 Å². The van der Waals surface area contributed by atoms with E-state index < -0.39 is 38.7 Å². The fraction of sp³-hybridized carbons (Fsp3) is 0.387. The number of hydrogen-bond acceptors (Lipinski definition) is 7. The standard InChI is InChI=1S/C31H36F2N6O3S/c1-19(2)39-29-22(17-34-31(36-29)35-23-10-12-24(13-11-23)38(3)4)14-25(30(39)40)21-15-26(32)28(27(33)16-21)37-43(41,42)18-20-8-6-5-7-9-20/h5-9,14-17,19,23-24,37H,10-13,18H2,1-4H3,(H,34,35,36)/t23-,24-. The predicted molar refractivity (Wildman–Crippen MR) is 166 cm³/mol. The molecule has 43 heavy (non-hydrogen) atoms. The quantitative estimate of drug-likeness (QED) is 0.256. The lowest BCUT2D eigenvalue weighted by Crippen LogP contribution is -2.36. The minimum Gasteiger partial charge on any atom is -0.351 e. The zero-order chi connectivity index (χ0) is 30.9. The van der Waals surface area contributed by atoms with Crippen molar-refractivity contribution >= 4 is 32.7 Å². The summed E-state index contributed by atoms with van der Waals surface area (Å²) in [5.41, 5.74) is -0.381. The van der Waals surface area contributed by atoms with Crippen LogP contribution in [-0.2, 0) is 15.8 Å². The largest absolute Gasteiger partial charge is 0.351 e. The number of anilines is 2. The van der Waals surface area contributed by atoms with E-state index in [0.29, 0.717) is 28.6 Å². The Morgan fingerprint density at radius 3 is 2.28 bits per heavy atom. The van der Waals surface area contributed by atoms with Gasteiger partial charge in [0.1, 0.15) is 11.3 Å². The highest BCUT2D eigenvalue weighted by Crippen LogP contribution is 2.30. The summed E-state index contributed by atoms with van der Waals surface area (Å²) in [6, 6.07) is 12.2. The topological polar surface area (TPSA) is 109 Å². The monoisotopic (exact) mass is 610 g/mol. The van der Waals surface area contributed by atoms with Gasteiger partial charge in [0, 0.05) is 35.3 Å². The van der Waals surface area contributed by atoms with Crippen LogP contribution >= 0.6 is 0 Å². The molecule has 0 atom stereocenters. The van der Waals surface area contributed by atoms with Crippen LogP contribution in [-0.4, -0.2) is 54.0 Å². The number of benzene rings is 2. The van der Waals surface area contributed by atoms with Gasteiger partial charge in [0.2, 0.25) is 16.0 Å². The predicted octanol–water partition coefficient (Wildman–Crippen LogP) is 5.54. The van der Waals surface area contributed by atoms with Crippen LogP contribution in [0, 0.1) is 11.6 Å². The molecule has 2 aromatic heterocycles. The second kappa shape index (κ2) is 12.4. The van der Waals surface area contributed by atoms with Gasteiger partial charge in [-0.05, 0) is 83.0 Å². The SMILES string of the molecule is CC(C)n1c(=O)c(-c2cc(F)c(NS(=O)(=O)Cc3ccccc3)c(F)c2)cc2cnc(N[C@H]3CC[C@H](N(C)C)CC3)nc21. The summed E-state index contributed by atoms with van der Waals surface area (Å²) in [7, 11) is 0.0793. The van der Waals surface area contributed by atoms with E-state index in [4.69, 9.17) is 0 Å². The molecule has 0 bridgehead atoms. The van der Waals surface area contributed by atoms with Crippen molar-refractivity contribution in [3.63, 3.8) is 0 Å². The molecule has 0 unspecified atom stereocenters. The van der Waals surface area contributed by atoms with Gasteiger partial charge < -0.3 is 10.2 Å². The first-order valence-corrected chi connectivity index (χ1v) is 16.0. The van der Waals surface area contributed by atoms with Crippen LogP contribution in [0.1, 0.15) is 51.1 Å². The summed E-state index contributed by atoms with van der Waals surface area (Å²) >= 11 is 0. The van der Waals surface area contributed by atoms with E-state index >= 15 is 8.78 Å². The van der Waals surface area contributed by atoms with E-state index in [2.05, 4.69) is 34.3 Å². The third kappa shape index (κ3) is 6.86. The molecular weight excluding hydrogens is 574 g/mol. The highest BCUT2D eigenvalue weighted by atomic mass is 32.2. The Morgan fingerprint density at radius 1 is 1.02 bits per heavy atom. The molecule has 0 radical (unpaired) electrons. The molecule has 1 aliphatic rings. The third-order valence-electron chi connectivity index (χ3n) is 7.86. The molecule has 0 amide bonds. The van der Waals surface area contributed by atoms with Gasteiger partial charge in [-0.2, -0.15) is 4.98 Å². The van der Waals surface area contributed by atoms with Crippen molar-refractivity contribution < 1.29 is 17.2 Å². The van der Waals surface area contributed by atoms with Crippen molar-refractivity contribution in [1.82, 2.24) is 19.4 Å². The van der Waals surface area contributed by atoms with Crippen LogP contribution < -0.4 is 15.6 Å². The van der Waals surface area contributed by atoms with Gasteiger partial charge in [-0.3, -0.25) is 14.1 Å². The van der Waals surface area contributed by atoms with Crippen molar-refractivity contribution in [2.45, 2.75) is 63.4 Å². The van der Waals surface area contributed by atoms with Crippen molar-refractivity contribution in [3.05, 3.63) is 82.3 Å². The molecule has 1 fully saturated rings. The van der Waals surface area contributed by atoms with Gasteiger partial charge >= 0.3 is 0 Å². The van der Waals surface area contributed by atoms with Crippen molar-refractivity contribution in [2.24, 2.45) is 0 Å². The molecule has 0 saturated heterocycles. The first-order valence-electron chi connectivity index (χ1n) is 14.3. The van der Waals surface area contributed by atoms with Crippen molar-refractivity contribution in [1.29, 1.82) is 0 Å². The number of pyridine rings is 1. The van der Waals surface area contributed by atoms with Crippen molar-refractivity contribution in [3.8, 4) is 11.1 Å². The third-order valence-corrected chi connectivity index (χ3v) is 9.09. The molecule has 4 aromatic rings. The second-order valence-electron chi connectivity index (χ2n) is 11.6. The molecule has 9 nitrogen and oxygen atoms in total. The fourth-order valence-corrected chi connectivity index (χ4v) is 6.82. The number of rotatable bonds is 9. The maximum Gasteiger partial charge on any atom is 0.260 e. The highest BCUT2D eigenvalue weighted by Gasteiger charge is 2.24. The number of nitrogens with zero attached hydrogens (tertiary/aromatic N) is 4. The number of nitrogens with one attached hydrogen (secondary N) is 2. The van der Waals surface area contributed by atoms with E-state index in [0.717, 1.165) is 37.8 Å². The van der Waals surface area contributed by atoms with E-state index in [9.17, 15) is 13.2 Å². The molecule has 2 heterocycles. The summed E-state index contributed by atoms with van der Waals surface area (Å²) in [4.78, 5) is 25.1. The summed E-state index contributed by atoms with van der Waals surface area (Å²) in [6.45, 7) is 3.66. The summed E-state index contributed by atoms with van der Waals surface area (Å²) < 4.78 is 59.1. The first kappa shape index (κ1) is 30.6. The summed E-state index contributed by atoms with van der Waals surface area (Å²) in [5, 5.41) is 3.93. The van der Waals surface area contributed by atoms with Gasteiger partial charge in [0.15, 0.2) is 11.6 Å². The van der Waals surface area contributed by atoms with Gasteiger partial charge in [-0.15, -0.1) is 0 Å². The number of halogens is 2. The molecule has 228 valence electrons. The lowest BCUT2D eigenvalue weighted by molar-refractivity contribution is 0.221. The molecule has 0 spiro atoms. The zero-order valence-corrected chi connectivity index (χ0v) is 25.5. The lowest BCUT2D eigenvalue weighted by atomic mass is 9.91. The average molecular weight is 611 g/mol. The van der Waals surface area contributed by atoms with E-state index in [1.807, 2.05) is 18.6 Å². The minimum atomic E-state index is -4.11. The van der Waals surface area contributed by atoms with Gasteiger partial charge in [0.25, 0.3) is 5.56 Å². The molecule has 2 N–H and O–H groups in total. The minimum absolute atomic E-state index is 0.0258. The van der Waals surface area contributed by atoms with Crippen LogP contribution in [0.2, 0.25) is 0 Å². The van der Waals surface area contributed by atoms with Gasteiger partial charge in [0.05, 0.1) is 5.75 Å². The normalized spacial score (nSPS) is 17.5. The Kier molecular flexibility index (Phi) is 8.79. The number of hydrogen-bond donors (Lipinski definition) is 2. The average Bonchev–Trinajstić information content (AvgIpc) is 2.95. The molecule has 2 aromatic carbocycles. The van der Waals surface area contributed by atoms with Gasteiger partial charge in [-0.25, -0.2) is 22.2 Å². The Hall–Kier alpha value is -3.90. The molecule has 1 aliphatic carbocycles. The van der Waals surface area contributed by atoms with Crippen molar-refractivity contribution in [2.75, 3.05) is 24.1 Å². The number of fused-ring (bicyclic) bond motifs is 1. The maximum absolute atomic E-state index is 15.2. The summed E-state index contributed by atoms with van der Waals surface area (Å²) in [5.74, 6) is -2.30. The Bertz CT molecular complexity index is 1760. The smallest absolute Gasteiger partial charge is 0.260 e.